The maximum atomic E-state index is 9.27. The monoisotopic (exact) mass is 273 g/mol. The van der Waals surface area contributed by atoms with Crippen LogP contribution in [-0.4, -0.2) is 34.3 Å². The molecule has 1 rings (SSSR count). The fraction of sp³-hybridized carbons (Fsp3) is 0.600. The van der Waals surface area contributed by atoms with Crippen LogP contribution in [-0.2, 0) is 0 Å². The van der Waals surface area contributed by atoms with Crippen molar-refractivity contribution in [1.29, 1.82) is 0 Å². The van der Waals surface area contributed by atoms with E-state index in [-0.39, 0.29) is 12.1 Å². The SMILES string of the molecule is Cc1nc(Br)cc(N(C)C(C)(C)CO)n1. The number of aromatic nitrogens is 2. The lowest BCUT2D eigenvalue weighted by molar-refractivity contribution is 0.215. The number of aliphatic hydroxyl groups is 1. The van der Waals surface area contributed by atoms with Gasteiger partial charge in [0.05, 0.1) is 12.1 Å². The van der Waals surface area contributed by atoms with Crippen LogP contribution in [0.3, 0.4) is 0 Å². The molecule has 4 nitrogen and oxygen atoms in total. The van der Waals surface area contributed by atoms with Gasteiger partial charge in [-0.25, -0.2) is 9.97 Å². The molecule has 0 saturated heterocycles. The summed E-state index contributed by atoms with van der Waals surface area (Å²) in [7, 11) is 1.91. The third kappa shape index (κ3) is 2.89. The molecule has 1 N–H and O–H groups in total. The number of rotatable bonds is 3. The molecular formula is C10H16BrN3O. The summed E-state index contributed by atoms with van der Waals surface area (Å²) in [5.74, 6) is 1.51. The highest BCUT2D eigenvalue weighted by Gasteiger charge is 2.24. The molecule has 0 aliphatic rings. The maximum absolute atomic E-state index is 9.27. The van der Waals surface area contributed by atoms with E-state index in [2.05, 4.69) is 25.9 Å². The van der Waals surface area contributed by atoms with E-state index in [1.54, 1.807) is 0 Å². The first kappa shape index (κ1) is 12.4. The summed E-state index contributed by atoms with van der Waals surface area (Å²) in [6.45, 7) is 5.83. The van der Waals surface area contributed by atoms with Crippen molar-refractivity contribution >= 4 is 21.7 Å². The number of likely N-dealkylation sites (N-methyl/N-ethyl adjacent to an activating group) is 1. The third-order valence-electron chi connectivity index (χ3n) is 2.43. The first-order chi connectivity index (χ1) is 6.86. The third-order valence-corrected chi connectivity index (χ3v) is 2.84. The van der Waals surface area contributed by atoms with Crippen molar-refractivity contribution in [1.82, 2.24) is 9.97 Å². The highest BCUT2D eigenvalue weighted by atomic mass is 79.9. The Hall–Kier alpha value is -0.680. The number of halogens is 1. The van der Waals surface area contributed by atoms with Crippen LogP contribution in [0.25, 0.3) is 0 Å². The van der Waals surface area contributed by atoms with E-state index in [0.29, 0.717) is 5.82 Å². The van der Waals surface area contributed by atoms with Gasteiger partial charge >= 0.3 is 0 Å². The van der Waals surface area contributed by atoms with E-state index in [1.165, 1.54) is 0 Å². The molecule has 0 unspecified atom stereocenters. The molecule has 0 radical (unpaired) electrons. The van der Waals surface area contributed by atoms with Crippen molar-refractivity contribution in [3.05, 3.63) is 16.5 Å². The second-order valence-corrected chi connectivity index (χ2v) is 4.94. The molecule has 0 spiro atoms. The van der Waals surface area contributed by atoms with Gasteiger partial charge in [-0.1, -0.05) is 0 Å². The average Bonchev–Trinajstić information content (AvgIpc) is 2.15. The van der Waals surface area contributed by atoms with Gasteiger partial charge in [0.1, 0.15) is 16.2 Å². The van der Waals surface area contributed by atoms with E-state index >= 15 is 0 Å². The van der Waals surface area contributed by atoms with Crippen molar-refractivity contribution in [2.75, 3.05) is 18.6 Å². The molecule has 5 heteroatoms. The molecule has 1 aromatic heterocycles. The van der Waals surface area contributed by atoms with Gasteiger partial charge in [-0.3, -0.25) is 0 Å². The van der Waals surface area contributed by atoms with Gasteiger partial charge in [0.2, 0.25) is 0 Å². The molecule has 1 aromatic rings. The summed E-state index contributed by atoms with van der Waals surface area (Å²) in [6, 6.07) is 1.84. The summed E-state index contributed by atoms with van der Waals surface area (Å²) in [5, 5.41) is 9.27. The highest BCUT2D eigenvalue weighted by molar-refractivity contribution is 9.10. The van der Waals surface area contributed by atoms with Crippen molar-refractivity contribution in [3.63, 3.8) is 0 Å². The largest absolute Gasteiger partial charge is 0.394 e. The number of aliphatic hydroxyl groups excluding tert-OH is 1. The second kappa shape index (κ2) is 4.45. The Morgan fingerprint density at radius 2 is 2.07 bits per heavy atom. The predicted octanol–water partition coefficient (Wildman–Crippen LogP) is 1.75. The fourth-order valence-electron chi connectivity index (χ4n) is 1.10. The second-order valence-electron chi connectivity index (χ2n) is 4.13. The van der Waals surface area contributed by atoms with E-state index in [4.69, 9.17) is 0 Å². The average molecular weight is 274 g/mol. The van der Waals surface area contributed by atoms with Crippen LogP contribution in [0.15, 0.2) is 10.7 Å². The Balaban J connectivity index is 3.06. The molecule has 0 atom stereocenters. The Labute approximate surface area is 98.5 Å². The molecule has 84 valence electrons. The molecule has 15 heavy (non-hydrogen) atoms. The first-order valence-corrected chi connectivity index (χ1v) is 5.52. The number of anilines is 1. The number of nitrogens with zero attached hydrogens (tertiary/aromatic N) is 3. The van der Waals surface area contributed by atoms with E-state index in [0.717, 1.165) is 10.4 Å². The quantitative estimate of drug-likeness (QED) is 0.853. The maximum Gasteiger partial charge on any atom is 0.133 e. The van der Waals surface area contributed by atoms with Crippen molar-refractivity contribution in [2.45, 2.75) is 26.3 Å². The van der Waals surface area contributed by atoms with Gasteiger partial charge in [-0.15, -0.1) is 0 Å². The molecule has 0 aromatic carbocycles. The first-order valence-electron chi connectivity index (χ1n) is 4.72. The lowest BCUT2D eigenvalue weighted by Gasteiger charge is -2.34. The Kier molecular flexibility index (Phi) is 3.67. The van der Waals surface area contributed by atoms with Gasteiger partial charge in [-0.2, -0.15) is 0 Å². The van der Waals surface area contributed by atoms with Gasteiger partial charge in [-0.05, 0) is 36.7 Å². The molecule has 0 aliphatic heterocycles. The van der Waals surface area contributed by atoms with E-state index in [9.17, 15) is 5.11 Å². The summed E-state index contributed by atoms with van der Waals surface area (Å²) in [4.78, 5) is 10.4. The van der Waals surface area contributed by atoms with Crippen LogP contribution < -0.4 is 4.90 Å². The van der Waals surface area contributed by atoms with Crippen LogP contribution in [0.4, 0.5) is 5.82 Å². The Morgan fingerprint density at radius 1 is 1.47 bits per heavy atom. The van der Waals surface area contributed by atoms with Gasteiger partial charge in [0.25, 0.3) is 0 Å². The van der Waals surface area contributed by atoms with Crippen LogP contribution in [0.2, 0.25) is 0 Å². The number of hydrogen-bond acceptors (Lipinski definition) is 4. The standard InChI is InChI=1S/C10H16BrN3O/c1-7-12-8(11)5-9(13-7)14(4)10(2,3)6-15/h5,15H,6H2,1-4H3. The van der Waals surface area contributed by atoms with E-state index in [1.807, 2.05) is 38.8 Å². The Bertz CT molecular complexity index is 334. The van der Waals surface area contributed by atoms with Crippen LogP contribution >= 0.6 is 15.9 Å². The molecule has 0 amide bonds. The van der Waals surface area contributed by atoms with Crippen molar-refractivity contribution in [3.8, 4) is 0 Å². The summed E-state index contributed by atoms with van der Waals surface area (Å²) in [5.41, 5.74) is -0.333. The zero-order valence-electron chi connectivity index (χ0n) is 9.45. The molecule has 0 aliphatic carbocycles. The summed E-state index contributed by atoms with van der Waals surface area (Å²) in [6.07, 6.45) is 0. The number of aryl methyl sites for hydroxylation is 1. The van der Waals surface area contributed by atoms with Crippen molar-refractivity contribution < 1.29 is 5.11 Å². The topological polar surface area (TPSA) is 49.2 Å². The molecule has 0 fully saturated rings. The zero-order valence-corrected chi connectivity index (χ0v) is 11.0. The fourth-order valence-corrected chi connectivity index (χ4v) is 1.57. The molecular weight excluding hydrogens is 258 g/mol. The van der Waals surface area contributed by atoms with E-state index < -0.39 is 0 Å². The lowest BCUT2D eigenvalue weighted by atomic mass is 10.1. The molecule has 0 saturated carbocycles. The van der Waals surface area contributed by atoms with Crippen LogP contribution in [0, 0.1) is 6.92 Å². The zero-order chi connectivity index (χ0) is 11.6. The Morgan fingerprint density at radius 3 is 2.53 bits per heavy atom. The highest BCUT2D eigenvalue weighted by Crippen LogP contribution is 2.22. The van der Waals surface area contributed by atoms with Crippen LogP contribution in [0.5, 0.6) is 0 Å². The van der Waals surface area contributed by atoms with Crippen LogP contribution in [0.1, 0.15) is 19.7 Å². The molecule has 0 bridgehead atoms. The predicted molar refractivity (Wildman–Crippen MR) is 64.0 cm³/mol. The summed E-state index contributed by atoms with van der Waals surface area (Å²) >= 11 is 3.33. The minimum Gasteiger partial charge on any atom is -0.394 e. The van der Waals surface area contributed by atoms with Gasteiger partial charge in [0.15, 0.2) is 0 Å². The lowest BCUT2D eigenvalue weighted by Crippen LogP contribution is -2.44. The minimum atomic E-state index is -0.333. The summed E-state index contributed by atoms with van der Waals surface area (Å²) < 4.78 is 0.755. The number of hydrogen-bond donors (Lipinski definition) is 1. The van der Waals surface area contributed by atoms with Gasteiger partial charge in [0, 0.05) is 13.1 Å². The molecule has 1 heterocycles. The van der Waals surface area contributed by atoms with Crippen molar-refractivity contribution in [2.24, 2.45) is 0 Å². The van der Waals surface area contributed by atoms with Gasteiger partial charge < -0.3 is 10.0 Å². The minimum absolute atomic E-state index is 0.0736. The normalized spacial score (nSPS) is 11.6. The smallest absolute Gasteiger partial charge is 0.133 e.